The van der Waals surface area contributed by atoms with Gasteiger partial charge in [-0.3, -0.25) is 4.90 Å². The number of anilines is 1. The van der Waals surface area contributed by atoms with Crippen molar-refractivity contribution in [2.24, 2.45) is 0 Å². The summed E-state index contributed by atoms with van der Waals surface area (Å²) in [4.78, 5) is 4.71. The highest BCUT2D eigenvalue weighted by atomic mass is 16.5. The Balaban J connectivity index is 1.14. The summed E-state index contributed by atoms with van der Waals surface area (Å²) in [5, 5.41) is 12.5. The standard InChI is InChI=1S/C22H28N6O/c1-22(10-4-6-18-5-2-3-7-19(18)22)15-29-17-26-11-13-27(14-12-26)21-9-8-20-24-23-16-28(20)25-21/h2-3,5,7-9,16H,4,6,10-15,17H2,1H3. The Morgan fingerprint density at radius 1 is 1.07 bits per heavy atom. The number of benzene rings is 1. The molecule has 3 heterocycles. The van der Waals surface area contributed by atoms with Crippen molar-refractivity contribution in [2.75, 3.05) is 44.4 Å². The summed E-state index contributed by atoms with van der Waals surface area (Å²) in [5.41, 5.74) is 3.88. The lowest BCUT2D eigenvalue weighted by Crippen LogP contribution is -2.48. The van der Waals surface area contributed by atoms with Crippen molar-refractivity contribution < 1.29 is 4.74 Å². The van der Waals surface area contributed by atoms with Crippen LogP contribution in [0.1, 0.15) is 30.9 Å². The first-order valence-corrected chi connectivity index (χ1v) is 10.5. The normalized spacial score (nSPS) is 22.7. The molecule has 1 aromatic carbocycles. The minimum absolute atomic E-state index is 0.134. The number of fused-ring (bicyclic) bond motifs is 2. The summed E-state index contributed by atoms with van der Waals surface area (Å²) in [6.07, 6.45) is 5.30. The third-order valence-electron chi connectivity index (χ3n) is 6.38. The molecule has 1 saturated heterocycles. The Bertz CT molecular complexity index is 980. The molecule has 152 valence electrons. The molecule has 1 aliphatic heterocycles. The van der Waals surface area contributed by atoms with E-state index in [1.165, 1.54) is 30.4 Å². The van der Waals surface area contributed by atoms with Gasteiger partial charge in [0.25, 0.3) is 0 Å². The minimum Gasteiger partial charge on any atom is -0.365 e. The maximum atomic E-state index is 6.23. The predicted molar refractivity (Wildman–Crippen MR) is 112 cm³/mol. The van der Waals surface area contributed by atoms with Crippen LogP contribution in [0.5, 0.6) is 0 Å². The van der Waals surface area contributed by atoms with Gasteiger partial charge in [0.1, 0.15) is 12.1 Å². The van der Waals surface area contributed by atoms with Gasteiger partial charge in [-0.1, -0.05) is 31.2 Å². The molecule has 2 aliphatic rings. The summed E-state index contributed by atoms with van der Waals surface area (Å²) in [6, 6.07) is 12.9. The monoisotopic (exact) mass is 392 g/mol. The molecule has 3 aromatic rings. The van der Waals surface area contributed by atoms with Gasteiger partial charge in [-0.05, 0) is 42.5 Å². The summed E-state index contributed by atoms with van der Waals surface area (Å²) >= 11 is 0. The molecule has 0 bridgehead atoms. The fourth-order valence-electron chi connectivity index (χ4n) is 4.67. The first-order chi connectivity index (χ1) is 14.2. The number of aromatic nitrogens is 4. The third kappa shape index (κ3) is 3.72. The van der Waals surface area contributed by atoms with Gasteiger partial charge in [-0.15, -0.1) is 15.3 Å². The van der Waals surface area contributed by atoms with E-state index in [1.54, 1.807) is 10.8 Å². The van der Waals surface area contributed by atoms with E-state index in [-0.39, 0.29) is 5.41 Å². The van der Waals surface area contributed by atoms with Crippen LogP contribution < -0.4 is 4.90 Å². The van der Waals surface area contributed by atoms with Crippen molar-refractivity contribution in [3.63, 3.8) is 0 Å². The molecule has 0 saturated carbocycles. The molecule has 29 heavy (non-hydrogen) atoms. The largest absolute Gasteiger partial charge is 0.365 e. The van der Waals surface area contributed by atoms with Crippen molar-refractivity contribution in [1.29, 1.82) is 0 Å². The van der Waals surface area contributed by atoms with Gasteiger partial charge >= 0.3 is 0 Å². The average Bonchev–Trinajstić information content (AvgIpc) is 3.23. The number of aryl methyl sites for hydroxylation is 1. The molecule has 1 aliphatic carbocycles. The zero-order chi connectivity index (χ0) is 19.7. The highest BCUT2D eigenvalue weighted by Gasteiger charge is 2.32. The van der Waals surface area contributed by atoms with E-state index < -0.39 is 0 Å². The second-order valence-corrected chi connectivity index (χ2v) is 8.48. The molecule has 0 N–H and O–H groups in total. The van der Waals surface area contributed by atoms with Crippen LogP contribution in [0.15, 0.2) is 42.7 Å². The van der Waals surface area contributed by atoms with Crippen LogP contribution in [0.25, 0.3) is 5.65 Å². The van der Waals surface area contributed by atoms with Crippen LogP contribution in [0.3, 0.4) is 0 Å². The van der Waals surface area contributed by atoms with Crippen LogP contribution in [-0.2, 0) is 16.6 Å². The summed E-state index contributed by atoms with van der Waals surface area (Å²) in [7, 11) is 0. The minimum atomic E-state index is 0.134. The van der Waals surface area contributed by atoms with E-state index in [1.807, 2.05) is 12.1 Å². The van der Waals surface area contributed by atoms with Crippen LogP contribution in [-0.4, -0.2) is 64.2 Å². The van der Waals surface area contributed by atoms with Crippen LogP contribution >= 0.6 is 0 Å². The molecular weight excluding hydrogens is 364 g/mol. The topological polar surface area (TPSA) is 58.8 Å². The SMILES string of the molecule is CC1(COCN2CCN(c3ccc4nncn4n3)CC2)CCCc2ccccc21. The van der Waals surface area contributed by atoms with Crippen LogP contribution in [0, 0.1) is 0 Å². The first-order valence-electron chi connectivity index (χ1n) is 10.5. The van der Waals surface area contributed by atoms with E-state index in [9.17, 15) is 0 Å². The van der Waals surface area contributed by atoms with Crippen molar-refractivity contribution in [3.8, 4) is 0 Å². The Labute approximate surface area is 171 Å². The van der Waals surface area contributed by atoms with Gasteiger partial charge in [0.2, 0.25) is 0 Å². The second kappa shape index (κ2) is 7.72. The Hall–Kier alpha value is -2.51. The molecular formula is C22H28N6O. The molecule has 0 amide bonds. The third-order valence-corrected chi connectivity index (χ3v) is 6.38. The molecule has 1 unspecified atom stereocenters. The van der Waals surface area contributed by atoms with E-state index >= 15 is 0 Å². The lowest BCUT2D eigenvalue weighted by atomic mass is 9.72. The number of hydrogen-bond acceptors (Lipinski definition) is 6. The van der Waals surface area contributed by atoms with Crippen LogP contribution in [0.2, 0.25) is 0 Å². The number of hydrogen-bond donors (Lipinski definition) is 0. The first kappa shape index (κ1) is 18.5. The van der Waals surface area contributed by atoms with Crippen LogP contribution in [0.4, 0.5) is 5.82 Å². The summed E-state index contributed by atoms with van der Waals surface area (Å²) in [6.45, 7) is 7.70. The molecule has 1 atom stereocenters. The number of rotatable bonds is 5. The number of piperazine rings is 1. The molecule has 1 fully saturated rings. The maximum absolute atomic E-state index is 6.23. The summed E-state index contributed by atoms with van der Waals surface area (Å²) < 4.78 is 7.96. The quantitative estimate of drug-likeness (QED) is 0.665. The predicted octanol–water partition coefficient (Wildman–Crippen LogP) is 2.51. The van der Waals surface area contributed by atoms with E-state index in [4.69, 9.17) is 4.74 Å². The fraction of sp³-hybridized carbons (Fsp3) is 0.500. The average molecular weight is 393 g/mol. The van der Waals surface area contributed by atoms with Crippen molar-refractivity contribution in [1.82, 2.24) is 24.7 Å². The molecule has 0 spiro atoms. The van der Waals surface area contributed by atoms with Gasteiger partial charge in [-0.2, -0.15) is 4.52 Å². The van der Waals surface area contributed by atoms with Gasteiger partial charge in [0.15, 0.2) is 5.65 Å². The van der Waals surface area contributed by atoms with E-state index in [0.717, 1.165) is 44.3 Å². The van der Waals surface area contributed by atoms with Crippen molar-refractivity contribution in [2.45, 2.75) is 31.6 Å². The Morgan fingerprint density at radius 3 is 2.83 bits per heavy atom. The molecule has 7 heteroatoms. The maximum Gasteiger partial charge on any atom is 0.177 e. The fourth-order valence-corrected chi connectivity index (χ4v) is 4.67. The zero-order valence-electron chi connectivity index (χ0n) is 17.0. The molecule has 7 nitrogen and oxygen atoms in total. The van der Waals surface area contributed by atoms with Gasteiger partial charge in [0.05, 0.1) is 13.3 Å². The van der Waals surface area contributed by atoms with Gasteiger partial charge in [-0.25, -0.2) is 0 Å². The van der Waals surface area contributed by atoms with Crippen molar-refractivity contribution in [3.05, 3.63) is 53.9 Å². The lowest BCUT2D eigenvalue weighted by molar-refractivity contribution is -0.000375. The van der Waals surface area contributed by atoms with E-state index in [2.05, 4.69) is 56.3 Å². The van der Waals surface area contributed by atoms with Gasteiger partial charge in [0, 0.05) is 31.6 Å². The number of nitrogens with zero attached hydrogens (tertiary/aromatic N) is 6. The Morgan fingerprint density at radius 2 is 1.93 bits per heavy atom. The highest BCUT2D eigenvalue weighted by molar-refractivity contribution is 5.45. The van der Waals surface area contributed by atoms with E-state index in [0.29, 0.717) is 6.73 Å². The highest BCUT2D eigenvalue weighted by Crippen LogP contribution is 2.37. The van der Waals surface area contributed by atoms with Crippen molar-refractivity contribution >= 4 is 11.5 Å². The Kier molecular flexibility index (Phi) is 4.93. The molecule has 5 rings (SSSR count). The summed E-state index contributed by atoms with van der Waals surface area (Å²) in [5.74, 6) is 0.976. The number of ether oxygens (including phenoxy) is 1. The smallest absolute Gasteiger partial charge is 0.177 e. The second-order valence-electron chi connectivity index (χ2n) is 8.48. The molecule has 2 aromatic heterocycles. The lowest BCUT2D eigenvalue weighted by Gasteiger charge is -2.38. The van der Waals surface area contributed by atoms with Gasteiger partial charge < -0.3 is 9.64 Å². The zero-order valence-corrected chi connectivity index (χ0v) is 17.0. The molecule has 0 radical (unpaired) electrons.